The van der Waals surface area contributed by atoms with E-state index in [1.807, 2.05) is 4.72 Å². The average Bonchev–Trinajstić information content (AvgIpc) is 2.79. The molecule has 1 aromatic carbocycles. The van der Waals surface area contributed by atoms with Crippen molar-refractivity contribution in [2.24, 2.45) is 0 Å². The summed E-state index contributed by atoms with van der Waals surface area (Å²) in [5, 5.41) is 5.78. The summed E-state index contributed by atoms with van der Waals surface area (Å²) in [5.74, 6) is -1.67. The minimum Gasteiger partial charge on any atom is -0.284 e. The van der Waals surface area contributed by atoms with Crippen molar-refractivity contribution < 1.29 is 17.2 Å². The van der Waals surface area contributed by atoms with Gasteiger partial charge in [0.25, 0.3) is 10.0 Å². The van der Waals surface area contributed by atoms with Crippen LogP contribution in [0.3, 0.4) is 0 Å². The second-order valence-electron chi connectivity index (χ2n) is 3.29. The molecular weight excluding hydrogens is 332 g/mol. The molecule has 0 aliphatic rings. The van der Waals surface area contributed by atoms with E-state index < -0.39 is 27.3 Å². The van der Waals surface area contributed by atoms with Gasteiger partial charge in [-0.25, -0.2) is 17.2 Å². The van der Waals surface area contributed by atoms with Crippen molar-refractivity contribution in [3.05, 3.63) is 40.6 Å². The van der Waals surface area contributed by atoms with Crippen LogP contribution in [0.25, 0.3) is 0 Å². The van der Waals surface area contributed by atoms with Crippen molar-refractivity contribution in [1.29, 1.82) is 0 Å². The van der Waals surface area contributed by atoms with E-state index in [0.717, 1.165) is 24.5 Å². The highest BCUT2D eigenvalue weighted by molar-refractivity contribution is 9.10. The zero-order valence-corrected chi connectivity index (χ0v) is 11.0. The number of sulfonamides is 1. The van der Waals surface area contributed by atoms with Crippen LogP contribution in [0.4, 0.5) is 14.5 Å². The lowest BCUT2D eigenvalue weighted by Gasteiger charge is -2.08. The maximum absolute atomic E-state index is 13.5. The number of hydrogen-bond acceptors (Lipinski definition) is 3. The van der Waals surface area contributed by atoms with Crippen molar-refractivity contribution >= 4 is 31.6 Å². The number of nitrogens with zero attached hydrogens (tertiary/aromatic N) is 1. The maximum Gasteiger partial charge on any atom is 0.265 e. The first-order chi connectivity index (χ1) is 8.40. The molecule has 1 aromatic heterocycles. The molecule has 0 bridgehead atoms. The molecule has 18 heavy (non-hydrogen) atoms. The number of aromatic nitrogens is 2. The smallest absolute Gasteiger partial charge is 0.265 e. The normalized spacial score (nSPS) is 11.5. The third-order valence-corrected chi connectivity index (χ3v) is 3.98. The Morgan fingerprint density at radius 2 is 2.00 bits per heavy atom. The largest absolute Gasteiger partial charge is 0.284 e. The number of nitrogens with one attached hydrogen (secondary N) is 2. The topological polar surface area (TPSA) is 74.8 Å². The molecule has 9 heteroatoms. The maximum atomic E-state index is 13.5. The van der Waals surface area contributed by atoms with Crippen LogP contribution >= 0.6 is 15.9 Å². The Labute approximate surface area is 109 Å². The molecule has 0 amide bonds. The lowest BCUT2D eigenvalue weighted by atomic mass is 10.3. The SMILES string of the molecule is O=S(=O)(Nc1cc(F)c(Br)cc1F)c1cn[nH]c1. The van der Waals surface area contributed by atoms with Gasteiger partial charge in [-0.3, -0.25) is 9.82 Å². The fourth-order valence-corrected chi connectivity index (χ4v) is 2.47. The Morgan fingerprint density at radius 3 is 2.61 bits per heavy atom. The summed E-state index contributed by atoms with van der Waals surface area (Å²) in [5.41, 5.74) is -0.475. The molecular formula is C9H6BrF2N3O2S. The van der Waals surface area contributed by atoms with E-state index in [1.54, 1.807) is 0 Å². The molecule has 0 aliphatic carbocycles. The van der Waals surface area contributed by atoms with Gasteiger partial charge in [0.05, 0.1) is 16.4 Å². The second-order valence-corrected chi connectivity index (χ2v) is 5.82. The Morgan fingerprint density at radius 1 is 1.28 bits per heavy atom. The predicted octanol–water partition coefficient (Wildman–Crippen LogP) is 2.25. The summed E-state index contributed by atoms with van der Waals surface area (Å²) in [6.45, 7) is 0. The van der Waals surface area contributed by atoms with Gasteiger partial charge >= 0.3 is 0 Å². The monoisotopic (exact) mass is 337 g/mol. The molecule has 0 saturated carbocycles. The van der Waals surface area contributed by atoms with Crippen LogP contribution in [0, 0.1) is 11.6 Å². The molecule has 0 unspecified atom stereocenters. The van der Waals surface area contributed by atoms with E-state index in [0.29, 0.717) is 0 Å². The summed E-state index contributed by atoms with van der Waals surface area (Å²) in [4.78, 5) is -0.176. The minimum absolute atomic E-state index is 0.0914. The summed E-state index contributed by atoms with van der Waals surface area (Å²) in [6.07, 6.45) is 2.17. The van der Waals surface area contributed by atoms with Crippen LogP contribution < -0.4 is 4.72 Å². The number of benzene rings is 1. The number of halogens is 3. The second kappa shape index (κ2) is 4.65. The highest BCUT2D eigenvalue weighted by Gasteiger charge is 2.18. The summed E-state index contributed by atoms with van der Waals surface area (Å²) >= 11 is 2.79. The number of aromatic amines is 1. The van der Waals surface area contributed by atoms with Crippen molar-refractivity contribution in [2.75, 3.05) is 4.72 Å². The van der Waals surface area contributed by atoms with Crippen molar-refractivity contribution in [3.8, 4) is 0 Å². The fraction of sp³-hybridized carbons (Fsp3) is 0. The first-order valence-corrected chi connectivity index (χ1v) is 6.84. The highest BCUT2D eigenvalue weighted by atomic mass is 79.9. The molecule has 0 saturated heterocycles. The summed E-state index contributed by atoms with van der Waals surface area (Å²) in [6, 6.07) is 1.58. The van der Waals surface area contributed by atoms with Crippen molar-refractivity contribution in [3.63, 3.8) is 0 Å². The molecule has 0 fully saturated rings. The van der Waals surface area contributed by atoms with Gasteiger partial charge in [-0.1, -0.05) is 0 Å². The standard InChI is InChI=1S/C9H6BrF2N3O2S/c10-6-1-8(12)9(2-7(6)11)15-18(16,17)5-3-13-14-4-5/h1-4,15H,(H,13,14). The number of H-pyrrole nitrogens is 1. The number of anilines is 1. The van der Waals surface area contributed by atoms with Gasteiger partial charge in [0.15, 0.2) is 0 Å². The van der Waals surface area contributed by atoms with Crippen LogP contribution in [0.5, 0.6) is 0 Å². The highest BCUT2D eigenvalue weighted by Crippen LogP contribution is 2.25. The van der Waals surface area contributed by atoms with Crippen LogP contribution in [-0.2, 0) is 10.0 Å². The van der Waals surface area contributed by atoms with Crippen LogP contribution in [0.15, 0.2) is 33.9 Å². The Hall–Kier alpha value is -1.48. The van der Waals surface area contributed by atoms with Gasteiger partial charge in [0.1, 0.15) is 16.5 Å². The van der Waals surface area contributed by atoms with Gasteiger partial charge < -0.3 is 0 Å². The van der Waals surface area contributed by atoms with E-state index >= 15 is 0 Å². The number of rotatable bonds is 3. The Balaban J connectivity index is 2.39. The molecule has 0 spiro atoms. The zero-order valence-electron chi connectivity index (χ0n) is 8.62. The summed E-state index contributed by atoms with van der Waals surface area (Å²) in [7, 11) is -3.99. The average molecular weight is 338 g/mol. The molecule has 0 atom stereocenters. The molecule has 5 nitrogen and oxygen atoms in total. The van der Waals surface area contributed by atoms with Gasteiger partial charge in [0, 0.05) is 12.3 Å². The quantitative estimate of drug-likeness (QED) is 0.843. The molecule has 2 rings (SSSR count). The third kappa shape index (κ3) is 2.51. The number of hydrogen-bond donors (Lipinski definition) is 2. The molecule has 96 valence electrons. The third-order valence-electron chi connectivity index (χ3n) is 2.04. The Bertz CT molecular complexity index is 673. The summed E-state index contributed by atoms with van der Waals surface area (Å²) < 4.78 is 52.0. The van der Waals surface area contributed by atoms with E-state index in [1.165, 1.54) is 0 Å². The molecule has 0 radical (unpaired) electrons. The van der Waals surface area contributed by atoms with Crippen LogP contribution in [-0.4, -0.2) is 18.6 Å². The first-order valence-electron chi connectivity index (χ1n) is 4.56. The molecule has 0 aliphatic heterocycles. The predicted molar refractivity (Wildman–Crippen MR) is 63.5 cm³/mol. The van der Waals surface area contributed by atoms with Gasteiger partial charge in [-0.2, -0.15) is 5.10 Å². The zero-order chi connectivity index (χ0) is 13.3. The van der Waals surface area contributed by atoms with E-state index in [4.69, 9.17) is 0 Å². The minimum atomic E-state index is -3.99. The fourth-order valence-electron chi connectivity index (χ4n) is 1.19. The Kier molecular flexibility index (Phi) is 3.35. The van der Waals surface area contributed by atoms with Gasteiger partial charge in [-0.05, 0) is 22.0 Å². The first kappa shape index (κ1) is 13.0. The lowest BCUT2D eigenvalue weighted by molar-refractivity contribution is 0.592. The van der Waals surface area contributed by atoms with E-state index in [9.17, 15) is 17.2 Å². The van der Waals surface area contributed by atoms with Crippen molar-refractivity contribution in [2.45, 2.75) is 4.90 Å². The molecule has 1 heterocycles. The molecule has 2 aromatic rings. The van der Waals surface area contributed by atoms with Crippen LogP contribution in [0.2, 0.25) is 0 Å². The molecule has 2 N–H and O–H groups in total. The van der Waals surface area contributed by atoms with E-state index in [-0.39, 0.29) is 9.37 Å². The van der Waals surface area contributed by atoms with Crippen LogP contribution in [0.1, 0.15) is 0 Å². The van der Waals surface area contributed by atoms with E-state index in [2.05, 4.69) is 26.1 Å². The van der Waals surface area contributed by atoms with Crippen molar-refractivity contribution in [1.82, 2.24) is 10.2 Å². The van der Waals surface area contributed by atoms with Gasteiger partial charge in [0.2, 0.25) is 0 Å². The van der Waals surface area contributed by atoms with Gasteiger partial charge in [-0.15, -0.1) is 0 Å². The lowest BCUT2D eigenvalue weighted by Crippen LogP contribution is -2.13.